The minimum absolute atomic E-state index is 0.132. The lowest BCUT2D eigenvalue weighted by atomic mass is 10.2. The molecule has 0 radical (unpaired) electrons. The normalized spacial score (nSPS) is 20.1. The third-order valence-electron chi connectivity index (χ3n) is 3.13. The van der Waals surface area contributed by atoms with Gasteiger partial charge in [0.1, 0.15) is 5.82 Å². The number of amides is 1. The number of nitrogens with zero attached hydrogens (tertiary/aromatic N) is 1. The maximum Gasteiger partial charge on any atom is 0.238 e. The van der Waals surface area contributed by atoms with Crippen LogP contribution in [0.2, 0.25) is 0 Å². The number of anilines is 1. The summed E-state index contributed by atoms with van der Waals surface area (Å²) in [5.41, 5.74) is 6.83. The molecule has 5 heteroatoms. The van der Waals surface area contributed by atoms with Crippen molar-refractivity contribution in [1.29, 1.82) is 0 Å². The van der Waals surface area contributed by atoms with Crippen molar-refractivity contribution in [1.82, 2.24) is 4.90 Å². The Morgan fingerprint density at radius 3 is 3.00 bits per heavy atom. The molecule has 1 saturated heterocycles. The van der Waals surface area contributed by atoms with Gasteiger partial charge in [-0.2, -0.15) is 0 Å². The molecule has 1 aromatic rings. The first kappa shape index (κ1) is 13.0. The van der Waals surface area contributed by atoms with E-state index in [-0.39, 0.29) is 17.8 Å². The van der Waals surface area contributed by atoms with Crippen molar-refractivity contribution in [3.63, 3.8) is 0 Å². The van der Waals surface area contributed by atoms with Crippen molar-refractivity contribution in [2.24, 2.45) is 5.73 Å². The van der Waals surface area contributed by atoms with E-state index >= 15 is 0 Å². The number of carbonyl (C=O) groups is 1. The Balaban J connectivity index is 1.89. The van der Waals surface area contributed by atoms with Gasteiger partial charge >= 0.3 is 0 Å². The molecular weight excluding hydrogens is 233 g/mol. The molecule has 0 aliphatic carbocycles. The van der Waals surface area contributed by atoms with Gasteiger partial charge in [-0.25, -0.2) is 4.39 Å². The van der Waals surface area contributed by atoms with Crippen molar-refractivity contribution in [3.8, 4) is 0 Å². The molecule has 2 rings (SSSR count). The van der Waals surface area contributed by atoms with Crippen LogP contribution in [-0.4, -0.2) is 36.5 Å². The summed E-state index contributed by atoms with van der Waals surface area (Å²) in [5.74, 6) is -0.441. The number of hydrogen-bond donors (Lipinski definition) is 2. The first-order valence-electron chi connectivity index (χ1n) is 6.08. The Bertz CT molecular complexity index is 450. The van der Waals surface area contributed by atoms with E-state index in [1.165, 1.54) is 6.07 Å². The molecule has 3 N–H and O–H groups in total. The first-order valence-corrected chi connectivity index (χ1v) is 6.08. The van der Waals surface area contributed by atoms with Crippen LogP contribution >= 0.6 is 0 Å². The summed E-state index contributed by atoms with van der Waals surface area (Å²) in [6.07, 6.45) is 0.923. The van der Waals surface area contributed by atoms with Crippen molar-refractivity contribution < 1.29 is 9.18 Å². The number of nitrogens with two attached hydrogens (primary N) is 1. The first-order chi connectivity index (χ1) is 8.54. The van der Waals surface area contributed by atoms with Gasteiger partial charge in [-0.1, -0.05) is 6.07 Å². The number of hydrogen-bond acceptors (Lipinski definition) is 3. The van der Waals surface area contributed by atoms with Crippen LogP contribution in [0.1, 0.15) is 12.0 Å². The van der Waals surface area contributed by atoms with E-state index in [9.17, 15) is 9.18 Å². The van der Waals surface area contributed by atoms with Crippen LogP contribution in [0.25, 0.3) is 0 Å². The lowest BCUT2D eigenvalue weighted by Gasteiger charge is -2.14. The van der Waals surface area contributed by atoms with Crippen LogP contribution in [0.4, 0.5) is 10.1 Å². The molecule has 4 nitrogen and oxygen atoms in total. The monoisotopic (exact) mass is 251 g/mol. The summed E-state index contributed by atoms with van der Waals surface area (Å²) < 4.78 is 13.3. The van der Waals surface area contributed by atoms with Crippen molar-refractivity contribution >= 4 is 11.6 Å². The second-order valence-corrected chi connectivity index (χ2v) is 4.80. The van der Waals surface area contributed by atoms with Crippen LogP contribution in [0.5, 0.6) is 0 Å². The van der Waals surface area contributed by atoms with Crippen molar-refractivity contribution in [2.75, 3.05) is 25.0 Å². The number of carbonyl (C=O) groups excluding carboxylic acids is 1. The molecule has 0 spiro atoms. The number of halogens is 1. The highest BCUT2D eigenvalue weighted by atomic mass is 19.1. The highest BCUT2D eigenvalue weighted by Gasteiger charge is 2.20. The quantitative estimate of drug-likeness (QED) is 0.846. The molecule has 0 bridgehead atoms. The van der Waals surface area contributed by atoms with E-state index in [2.05, 4.69) is 5.32 Å². The van der Waals surface area contributed by atoms with Gasteiger partial charge in [0.05, 0.1) is 6.54 Å². The van der Waals surface area contributed by atoms with Gasteiger partial charge in [-0.15, -0.1) is 0 Å². The minimum atomic E-state index is -0.309. The molecular formula is C13H18FN3O. The van der Waals surface area contributed by atoms with Gasteiger partial charge in [0, 0.05) is 24.8 Å². The lowest BCUT2D eigenvalue weighted by molar-refractivity contribution is -0.117. The Labute approximate surface area is 106 Å². The molecule has 98 valence electrons. The van der Waals surface area contributed by atoms with Crippen molar-refractivity contribution in [3.05, 3.63) is 29.6 Å². The van der Waals surface area contributed by atoms with E-state index < -0.39 is 0 Å². The number of nitrogens with one attached hydrogen (secondary N) is 1. The van der Waals surface area contributed by atoms with Gasteiger partial charge < -0.3 is 11.1 Å². The Kier molecular flexibility index (Phi) is 3.93. The average molecular weight is 251 g/mol. The molecule has 1 aliphatic heterocycles. The highest BCUT2D eigenvalue weighted by Crippen LogP contribution is 2.14. The van der Waals surface area contributed by atoms with Gasteiger partial charge in [-0.3, -0.25) is 9.69 Å². The third-order valence-corrected chi connectivity index (χ3v) is 3.13. The largest absolute Gasteiger partial charge is 0.326 e. The zero-order valence-electron chi connectivity index (χ0n) is 10.4. The fourth-order valence-corrected chi connectivity index (χ4v) is 2.08. The Hall–Kier alpha value is -1.46. The highest BCUT2D eigenvalue weighted by molar-refractivity contribution is 5.92. The minimum Gasteiger partial charge on any atom is -0.326 e. The second kappa shape index (κ2) is 5.46. The van der Waals surface area contributed by atoms with E-state index in [1.54, 1.807) is 19.1 Å². The zero-order chi connectivity index (χ0) is 13.1. The summed E-state index contributed by atoms with van der Waals surface area (Å²) in [5, 5.41) is 2.69. The third kappa shape index (κ3) is 3.27. The number of likely N-dealkylation sites (tertiary alicyclic amines) is 1. The summed E-state index contributed by atoms with van der Waals surface area (Å²) in [7, 11) is 0. The molecule has 1 fully saturated rings. The van der Waals surface area contributed by atoms with Crippen LogP contribution in [-0.2, 0) is 4.79 Å². The van der Waals surface area contributed by atoms with Gasteiger partial charge in [0.25, 0.3) is 0 Å². The van der Waals surface area contributed by atoms with E-state index in [4.69, 9.17) is 5.73 Å². The van der Waals surface area contributed by atoms with Gasteiger partial charge in [0.2, 0.25) is 5.91 Å². The maximum atomic E-state index is 13.3. The van der Waals surface area contributed by atoms with Crippen molar-refractivity contribution in [2.45, 2.75) is 19.4 Å². The summed E-state index contributed by atoms with van der Waals surface area (Å²) in [6.45, 7) is 3.59. The fourth-order valence-electron chi connectivity index (χ4n) is 2.08. The van der Waals surface area contributed by atoms with E-state index in [0.29, 0.717) is 17.8 Å². The lowest BCUT2D eigenvalue weighted by Crippen LogP contribution is -2.33. The average Bonchev–Trinajstić information content (AvgIpc) is 2.69. The number of aryl methyl sites for hydroxylation is 1. The number of rotatable bonds is 3. The molecule has 1 aromatic carbocycles. The summed E-state index contributed by atoms with van der Waals surface area (Å²) in [6, 6.07) is 4.85. The van der Waals surface area contributed by atoms with Crippen LogP contribution in [0.15, 0.2) is 18.2 Å². The SMILES string of the molecule is Cc1ccc(NC(=O)CN2CCC(N)C2)cc1F. The van der Waals surface area contributed by atoms with E-state index in [1.807, 2.05) is 4.90 Å². The molecule has 18 heavy (non-hydrogen) atoms. The van der Waals surface area contributed by atoms with Crippen LogP contribution in [0, 0.1) is 12.7 Å². The predicted molar refractivity (Wildman–Crippen MR) is 68.8 cm³/mol. The molecule has 1 unspecified atom stereocenters. The standard InChI is InChI=1S/C13H18FN3O/c1-9-2-3-11(6-12(9)14)16-13(18)8-17-5-4-10(15)7-17/h2-3,6,10H,4-5,7-8,15H2,1H3,(H,16,18). The van der Waals surface area contributed by atoms with Gasteiger partial charge in [-0.05, 0) is 31.0 Å². The maximum absolute atomic E-state index is 13.3. The molecule has 1 atom stereocenters. The topological polar surface area (TPSA) is 58.4 Å². The van der Waals surface area contributed by atoms with Crippen LogP contribution in [0.3, 0.4) is 0 Å². The summed E-state index contributed by atoms with van der Waals surface area (Å²) in [4.78, 5) is 13.8. The molecule has 1 aliphatic rings. The Morgan fingerprint density at radius 1 is 1.61 bits per heavy atom. The second-order valence-electron chi connectivity index (χ2n) is 4.80. The predicted octanol–water partition coefficient (Wildman–Crippen LogP) is 1.11. The fraction of sp³-hybridized carbons (Fsp3) is 0.462. The Morgan fingerprint density at radius 2 is 2.39 bits per heavy atom. The molecule has 0 saturated carbocycles. The molecule has 1 heterocycles. The molecule has 1 amide bonds. The number of benzene rings is 1. The smallest absolute Gasteiger partial charge is 0.238 e. The van der Waals surface area contributed by atoms with Crippen LogP contribution < -0.4 is 11.1 Å². The zero-order valence-corrected chi connectivity index (χ0v) is 10.4. The van der Waals surface area contributed by atoms with E-state index in [0.717, 1.165) is 19.5 Å². The van der Waals surface area contributed by atoms with Gasteiger partial charge in [0.15, 0.2) is 0 Å². The summed E-state index contributed by atoms with van der Waals surface area (Å²) >= 11 is 0. The molecule has 0 aromatic heterocycles.